The van der Waals surface area contributed by atoms with Crippen molar-refractivity contribution in [3.8, 4) is 5.75 Å². The fourth-order valence-corrected chi connectivity index (χ4v) is 3.72. The molecular weight excluding hydrogens is 432 g/mol. The summed E-state index contributed by atoms with van der Waals surface area (Å²) in [5.74, 6) is 0.731. The van der Waals surface area contributed by atoms with Gasteiger partial charge < -0.3 is 19.9 Å². The van der Waals surface area contributed by atoms with Gasteiger partial charge in [0.15, 0.2) is 0 Å². The molecule has 0 atom stereocenters. The minimum Gasteiger partial charge on any atom is -0.495 e. The van der Waals surface area contributed by atoms with Gasteiger partial charge in [0.05, 0.1) is 12.8 Å². The molecule has 9 nitrogen and oxygen atoms in total. The van der Waals surface area contributed by atoms with Crippen LogP contribution in [-0.2, 0) is 6.54 Å². The summed E-state index contributed by atoms with van der Waals surface area (Å²) in [4.78, 5) is 40.0. The third-order valence-corrected chi connectivity index (χ3v) is 5.53. The van der Waals surface area contributed by atoms with Gasteiger partial charge in [-0.25, -0.2) is 4.98 Å². The van der Waals surface area contributed by atoms with E-state index in [1.54, 1.807) is 37.7 Å². The van der Waals surface area contributed by atoms with Crippen LogP contribution in [0.4, 0.5) is 11.6 Å². The van der Waals surface area contributed by atoms with E-state index in [0.717, 1.165) is 17.0 Å². The summed E-state index contributed by atoms with van der Waals surface area (Å²) in [6, 6.07) is 9.12. The topological polar surface area (TPSA) is 103 Å². The number of hydrogen-bond donors (Lipinski definition) is 2. The maximum absolute atomic E-state index is 12.5. The van der Waals surface area contributed by atoms with Crippen LogP contribution in [0.3, 0.4) is 0 Å². The van der Waals surface area contributed by atoms with E-state index in [-0.39, 0.29) is 5.56 Å². The maximum atomic E-state index is 12.5. The minimum absolute atomic E-state index is 0.0231. The van der Waals surface area contributed by atoms with Crippen molar-refractivity contribution in [2.24, 2.45) is 0 Å². The Morgan fingerprint density at radius 3 is 2.56 bits per heavy atom. The van der Waals surface area contributed by atoms with Crippen molar-refractivity contribution in [3.05, 3.63) is 75.4 Å². The second-order valence-corrected chi connectivity index (χ2v) is 7.71. The Kier molecular flexibility index (Phi) is 6.55. The lowest BCUT2D eigenvalue weighted by atomic mass is 10.2. The third-order valence-electron chi connectivity index (χ3n) is 5.29. The molecule has 32 heavy (non-hydrogen) atoms. The molecule has 1 saturated heterocycles. The number of piperazine rings is 1. The van der Waals surface area contributed by atoms with Crippen molar-refractivity contribution in [1.82, 2.24) is 20.3 Å². The summed E-state index contributed by atoms with van der Waals surface area (Å²) in [7, 11) is 1.63. The number of hydrogen-bond acceptors (Lipinski definition) is 7. The highest BCUT2D eigenvalue weighted by molar-refractivity contribution is 6.30. The Morgan fingerprint density at radius 1 is 1.16 bits per heavy atom. The third kappa shape index (κ3) is 4.83. The average Bonchev–Trinajstić information content (AvgIpc) is 2.83. The number of nitrogens with one attached hydrogen (secondary N) is 2. The molecule has 166 valence electrons. The molecule has 0 spiro atoms. The molecule has 0 bridgehead atoms. The Balaban J connectivity index is 1.39. The van der Waals surface area contributed by atoms with Gasteiger partial charge in [0.2, 0.25) is 5.95 Å². The fourth-order valence-electron chi connectivity index (χ4n) is 3.56. The lowest BCUT2D eigenvalue weighted by molar-refractivity contribution is 0.0949. The number of H-pyrrole nitrogens is 1. The monoisotopic (exact) mass is 454 g/mol. The molecule has 1 aliphatic rings. The van der Waals surface area contributed by atoms with E-state index in [9.17, 15) is 9.59 Å². The largest absolute Gasteiger partial charge is 0.495 e. The van der Waals surface area contributed by atoms with E-state index in [1.807, 2.05) is 17.0 Å². The fraction of sp³-hybridized carbons (Fsp3) is 0.273. The molecule has 3 heterocycles. The minimum atomic E-state index is -0.472. The number of carbonyl (C=O) groups excluding carboxylic acids is 1. The van der Waals surface area contributed by atoms with Gasteiger partial charge in [-0.2, -0.15) is 0 Å². The number of carbonyl (C=O) groups is 1. The van der Waals surface area contributed by atoms with Crippen LogP contribution in [0.15, 0.2) is 53.7 Å². The summed E-state index contributed by atoms with van der Waals surface area (Å²) in [6.45, 7) is 3.00. The number of ether oxygens (including phenoxy) is 1. The molecule has 1 amide bonds. The molecule has 0 unspecified atom stereocenters. The van der Waals surface area contributed by atoms with Crippen LogP contribution in [0.2, 0.25) is 5.02 Å². The van der Waals surface area contributed by atoms with Gasteiger partial charge in [-0.3, -0.25) is 19.6 Å². The van der Waals surface area contributed by atoms with E-state index in [1.165, 1.54) is 6.20 Å². The molecule has 3 aromatic rings. The predicted molar refractivity (Wildman–Crippen MR) is 123 cm³/mol. The van der Waals surface area contributed by atoms with Gasteiger partial charge in [0.1, 0.15) is 11.3 Å². The number of nitrogens with zero attached hydrogens (tertiary/aromatic N) is 4. The summed E-state index contributed by atoms with van der Waals surface area (Å²) in [6.07, 6.45) is 4.61. The molecule has 2 aromatic heterocycles. The number of anilines is 2. The van der Waals surface area contributed by atoms with Crippen LogP contribution in [-0.4, -0.2) is 54.1 Å². The van der Waals surface area contributed by atoms with Gasteiger partial charge in [-0.05, 0) is 35.9 Å². The van der Waals surface area contributed by atoms with Crippen molar-refractivity contribution in [1.29, 1.82) is 0 Å². The predicted octanol–water partition coefficient (Wildman–Crippen LogP) is 2.08. The summed E-state index contributed by atoms with van der Waals surface area (Å²) >= 11 is 6.15. The quantitative estimate of drug-likeness (QED) is 0.587. The molecular formula is C22H23ClN6O3. The van der Waals surface area contributed by atoms with Crippen LogP contribution < -0.4 is 25.4 Å². The first-order valence-corrected chi connectivity index (χ1v) is 10.5. The second-order valence-electron chi connectivity index (χ2n) is 7.28. The maximum Gasteiger partial charge on any atom is 0.265 e. The first kappa shape index (κ1) is 21.6. The van der Waals surface area contributed by atoms with Crippen molar-refractivity contribution >= 4 is 29.1 Å². The van der Waals surface area contributed by atoms with Gasteiger partial charge in [0.25, 0.3) is 11.5 Å². The van der Waals surface area contributed by atoms with Gasteiger partial charge in [-0.1, -0.05) is 11.6 Å². The molecule has 4 rings (SSSR count). The number of methoxy groups -OCH3 is 1. The molecule has 0 saturated carbocycles. The average molecular weight is 455 g/mol. The molecule has 1 aliphatic heterocycles. The highest BCUT2D eigenvalue weighted by Gasteiger charge is 2.22. The smallest absolute Gasteiger partial charge is 0.265 e. The number of aromatic amines is 1. The Labute approximate surface area is 190 Å². The number of amides is 1. The number of aromatic nitrogens is 3. The SMILES string of the molecule is COc1ccc(Cl)cc1N1CCN(c2ncc(C(=O)NCc3ccncc3)c(=O)[nH]2)CC1. The first-order valence-electron chi connectivity index (χ1n) is 10.1. The van der Waals surface area contributed by atoms with E-state index in [4.69, 9.17) is 16.3 Å². The van der Waals surface area contributed by atoms with Crippen LogP contribution in [0.5, 0.6) is 5.75 Å². The molecule has 0 radical (unpaired) electrons. The van der Waals surface area contributed by atoms with E-state index < -0.39 is 11.5 Å². The number of rotatable bonds is 6. The zero-order chi connectivity index (χ0) is 22.5. The summed E-state index contributed by atoms with van der Waals surface area (Å²) in [5, 5.41) is 3.37. The van der Waals surface area contributed by atoms with E-state index in [0.29, 0.717) is 43.7 Å². The first-order chi connectivity index (χ1) is 15.5. The Hall–Kier alpha value is -3.59. The van der Waals surface area contributed by atoms with Gasteiger partial charge in [0, 0.05) is 56.3 Å². The normalized spacial score (nSPS) is 13.7. The lowest BCUT2D eigenvalue weighted by Crippen LogP contribution is -2.47. The van der Waals surface area contributed by atoms with Crippen molar-refractivity contribution < 1.29 is 9.53 Å². The molecule has 10 heteroatoms. The highest BCUT2D eigenvalue weighted by Crippen LogP contribution is 2.32. The number of pyridine rings is 1. The van der Waals surface area contributed by atoms with Crippen LogP contribution in [0, 0.1) is 0 Å². The zero-order valence-corrected chi connectivity index (χ0v) is 18.3. The van der Waals surface area contributed by atoms with Crippen LogP contribution in [0.1, 0.15) is 15.9 Å². The van der Waals surface area contributed by atoms with E-state index >= 15 is 0 Å². The molecule has 1 aromatic carbocycles. The van der Waals surface area contributed by atoms with Gasteiger partial charge >= 0.3 is 0 Å². The van der Waals surface area contributed by atoms with E-state index in [2.05, 4.69) is 25.2 Å². The lowest BCUT2D eigenvalue weighted by Gasteiger charge is -2.36. The highest BCUT2D eigenvalue weighted by atomic mass is 35.5. The Morgan fingerprint density at radius 2 is 1.88 bits per heavy atom. The standard InChI is InChI=1S/C22H23ClN6O3/c1-32-19-3-2-16(23)12-18(19)28-8-10-29(11-9-28)22-26-14-17(21(31)27-22)20(30)25-13-15-4-6-24-7-5-15/h2-7,12,14H,8-11,13H2,1H3,(H,25,30)(H,26,27,31). The van der Waals surface area contributed by atoms with Crippen LogP contribution >= 0.6 is 11.6 Å². The van der Waals surface area contributed by atoms with Crippen molar-refractivity contribution in [3.63, 3.8) is 0 Å². The summed E-state index contributed by atoms with van der Waals surface area (Å²) < 4.78 is 5.45. The van der Waals surface area contributed by atoms with Crippen LogP contribution in [0.25, 0.3) is 0 Å². The molecule has 1 fully saturated rings. The summed E-state index contributed by atoms with van der Waals surface area (Å²) in [5.41, 5.74) is 1.33. The number of benzene rings is 1. The van der Waals surface area contributed by atoms with Crippen molar-refractivity contribution in [2.75, 3.05) is 43.1 Å². The van der Waals surface area contributed by atoms with Crippen molar-refractivity contribution in [2.45, 2.75) is 6.54 Å². The molecule has 2 N–H and O–H groups in total. The van der Waals surface area contributed by atoms with Gasteiger partial charge in [-0.15, -0.1) is 0 Å². The number of halogens is 1. The second kappa shape index (κ2) is 9.69. The molecule has 0 aliphatic carbocycles. The Bertz CT molecular complexity index is 1150. The zero-order valence-electron chi connectivity index (χ0n) is 17.5.